The lowest BCUT2D eigenvalue weighted by Gasteiger charge is -2.24. The summed E-state index contributed by atoms with van der Waals surface area (Å²) in [6.45, 7) is 2.79. The number of unbranched alkanes of at least 4 members (excludes halogenated alkanes) is 9. The smallest absolute Gasteiger partial charge is 0.258 e. The fourth-order valence-corrected chi connectivity index (χ4v) is 3.95. The summed E-state index contributed by atoms with van der Waals surface area (Å²) in [6, 6.07) is 11.2. The van der Waals surface area contributed by atoms with E-state index in [1.807, 2.05) is 0 Å². The summed E-state index contributed by atoms with van der Waals surface area (Å²) in [6.07, 6.45) is 12.2. The zero-order valence-corrected chi connectivity index (χ0v) is 19.6. The summed E-state index contributed by atoms with van der Waals surface area (Å²) in [7, 11) is 1.59. The minimum Gasteiger partial charge on any atom is -0.497 e. The SMILES string of the molecule is CCCCCCCCCCCCN(C(=O)c1ccc(OC)cc1)c1ccc(F)cc1Cl. The average molecular weight is 448 g/mol. The summed E-state index contributed by atoms with van der Waals surface area (Å²) in [5.74, 6) is 0.134. The summed E-state index contributed by atoms with van der Waals surface area (Å²) >= 11 is 6.28. The van der Waals surface area contributed by atoms with E-state index in [1.165, 1.54) is 57.1 Å². The van der Waals surface area contributed by atoms with Crippen LogP contribution in [0.2, 0.25) is 5.02 Å². The lowest BCUT2D eigenvalue weighted by Crippen LogP contribution is -2.32. The van der Waals surface area contributed by atoms with Gasteiger partial charge in [0, 0.05) is 12.1 Å². The number of nitrogens with zero attached hydrogens (tertiary/aromatic N) is 1. The maximum atomic E-state index is 13.5. The Morgan fingerprint density at radius 2 is 1.48 bits per heavy atom. The molecule has 0 radical (unpaired) electrons. The number of ether oxygens (including phenoxy) is 1. The zero-order chi connectivity index (χ0) is 22.5. The molecule has 3 nitrogen and oxygen atoms in total. The van der Waals surface area contributed by atoms with Crippen molar-refractivity contribution in [3.63, 3.8) is 0 Å². The first kappa shape index (κ1) is 25.2. The molecule has 0 unspecified atom stereocenters. The van der Waals surface area contributed by atoms with Gasteiger partial charge in [0.05, 0.1) is 17.8 Å². The molecular weight excluding hydrogens is 413 g/mol. The first-order valence-electron chi connectivity index (χ1n) is 11.5. The second kappa shape index (κ2) is 14.1. The van der Waals surface area contributed by atoms with Crippen LogP contribution in [0.3, 0.4) is 0 Å². The second-order valence-corrected chi connectivity index (χ2v) is 8.37. The number of carbonyl (C=O) groups excluding carboxylic acids is 1. The van der Waals surface area contributed by atoms with Gasteiger partial charge in [0.2, 0.25) is 0 Å². The Balaban J connectivity index is 1.93. The lowest BCUT2D eigenvalue weighted by atomic mass is 10.1. The van der Waals surface area contributed by atoms with Gasteiger partial charge in [0.25, 0.3) is 5.91 Å². The maximum absolute atomic E-state index is 13.5. The Hall–Kier alpha value is -2.07. The third-order valence-electron chi connectivity index (χ3n) is 5.52. The molecule has 0 aliphatic carbocycles. The summed E-state index contributed by atoms with van der Waals surface area (Å²) in [4.78, 5) is 14.9. The van der Waals surface area contributed by atoms with Gasteiger partial charge in [-0.3, -0.25) is 4.79 Å². The Bertz CT molecular complexity index is 794. The number of rotatable bonds is 14. The molecule has 2 aromatic rings. The van der Waals surface area contributed by atoms with E-state index in [2.05, 4.69) is 6.92 Å². The highest BCUT2D eigenvalue weighted by molar-refractivity contribution is 6.34. The van der Waals surface area contributed by atoms with Crippen LogP contribution < -0.4 is 9.64 Å². The maximum Gasteiger partial charge on any atom is 0.258 e. The quantitative estimate of drug-likeness (QED) is 0.274. The van der Waals surface area contributed by atoms with E-state index in [-0.39, 0.29) is 10.9 Å². The van der Waals surface area contributed by atoms with Gasteiger partial charge in [0.1, 0.15) is 11.6 Å². The third kappa shape index (κ3) is 8.53. The molecular formula is C26H35ClFNO2. The highest BCUT2D eigenvalue weighted by Crippen LogP contribution is 2.29. The Labute approximate surface area is 191 Å². The molecule has 0 fully saturated rings. The number of benzene rings is 2. The normalized spacial score (nSPS) is 10.8. The molecule has 0 atom stereocenters. The topological polar surface area (TPSA) is 29.5 Å². The van der Waals surface area contributed by atoms with Gasteiger partial charge in [-0.2, -0.15) is 0 Å². The van der Waals surface area contributed by atoms with E-state index in [0.717, 1.165) is 19.3 Å². The molecule has 31 heavy (non-hydrogen) atoms. The molecule has 5 heteroatoms. The first-order chi connectivity index (χ1) is 15.1. The molecule has 0 saturated carbocycles. The van der Waals surface area contributed by atoms with Crippen LogP contribution in [0.15, 0.2) is 42.5 Å². The molecule has 0 saturated heterocycles. The predicted octanol–water partition coefficient (Wildman–Crippen LogP) is 8.06. The van der Waals surface area contributed by atoms with Crippen molar-refractivity contribution in [2.75, 3.05) is 18.6 Å². The van der Waals surface area contributed by atoms with Crippen LogP contribution in [-0.4, -0.2) is 19.6 Å². The monoisotopic (exact) mass is 447 g/mol. The number of methoxy groups -OCH3 is 1. The Morgan fingerprint density at radius 1 is 0.903 bits per heavy atom. The summed E-state index contributed by atoms with van der Waals surface area (Å²) < 4.78 is 18.7. The van der Waals surface area contributed by atoms with E-state index in [9.17, 15) is 9.18 Å². The van der Waals surface area contributed by atoms with Gasteiger partial charge in [-0.1, -0.05) is 76.3 Å². The number of amides is 1. The predicted molar refractivity (Wildman–Crippen MR) is 128 cm³/mol. The molecule has 170 valence electrons. The van der Waals surface area contributed by atoms with E-state index in [4.69, 9.17) is 16.3 Å². The molecule has 0 heterocycles. The van der Waals surface area contributed by atoms with Crippen molar-refractivity contribution in [2.45, 2.75) is 71.1 Å². The van der Waals surface area contributed by atoms with Gasteiger partial charge in [-0.05, 0) is 48.9 Å². The molecule has 2 aromatic carbocycles. The van der Waals surface area contributed by atoms with Crippen LogP contribution in [0.5, 0.6) is 5.75 Å². The number of carbonyl (C=O) groups is 1. The van der Waals surface area contributed by atoms with Crippen molar-refractivity contribution in [3.05, 3.63) is 58.9 Å². The zero-order valence-electron chi connectivity index (χ0n) is 18.8. The number of hydrogen-bond donors (Lipinski definition) is 0. The fraction of sp³-hybridized carbons (Fsp3) is 0.500. The van der Waals surface area contributed by atoms with Crippen molar-refractivity contribution in [1.82, 2.24) is 0 Å². The Kier molecular flexibility index (Phi) is 11.4. The van der Waals surface area contributed by atoms with Gasteiger partial charge >= 0.3 is 0 Å². The summed E-state index contributed by atoms with van der Waals surface area (Å²) in [5, 5.41) is 0.244. The van der Waals surface area contributed by atoms with Crippen molar-refractivity contribution in [2.24, 2.45) is 0 Å². The number of halogens is 2. The third-order valence-corrected chi connectivity index (χ3v) is 5.82. The minimum atomic E-state index is -0.412. The van der Waals surface area contributed by atoms with Crippen LogP contribution in [0, 0.1) is 5.82 Å². The molecule has 0 N–H and O–H groups in total. The van der Waals surface area contributed by atoms with Crippen molar-refractivity contribution in [3.8, 4) is 5.75 Å². The molecule has 2 rings (SSSR count). The van der Waals surface area contributed by atoms with E-state index < -0.39 is 5.82 Å². The highest BCUT2D eigenvalue weighted by atomic mass is 35.5. The largest absolute Gasteiger partial charge is 0.497 e. The van der Waals surface area contributed by atoms with Crippen LogP contribution in [0.1, 0.15) is 81.5 Å². The van der Waals surface area contributed by atoms with Gasteiger partial charge in [0.15, 0.2) is 0 Å². The first-order valence-corrected chi connectivity index (χ1v) is 11.9. The van der Waals surface area contributed by atoms with Gasteiger partial charge in [-0.15, -0.1) is 0 Å². The van der Waals surface area contributed by atoms with Crippen molar-refractivity contribution < 1.29 is 13.9 Å². The van der Waals surface area contributed by atoms with Crippen LogP contribution in [0.25, 0.3) is 0 Å². The lowest BCUT2D eigenvalue weighted by molar-refractivity contribution is 0.0986. The fourth-order valence-electron chi connectivity index (χ4n) is 3.68. The molecule has 0 aromatic heterocycles. The number of hydrogen-bond acceptors (Lipinski definition) is 2. The van der Waals surface area contributed by atoms with Crippen LogP contribution in [-0.2, 0) is 0 Å². The molecule has 0 aliphatic heterocycles. The van der Waals surface area contributed by atoms with Gasteiger partial charge < -0.3 is 9.64 Å². The Morgan fingerprint density at radius 3 is 2.03 bits per heavy atom. The van der Waals surface area contributed by atoms with Crippen molar-refractivity contribution >= 4 is 23.2 Å². The molecule has 1 amide bonds. The van der Waals surface area contributed by atoms with E-state index in [1.54, 1.807) is 42.3 Å². The number of anilines is 1. The molecule has 0 bridgehead atoms. The molecule has 0 spiro atoms. The standard InChI is InChI=1S/C26H35ClFNO2/c1-3-4-5-6-7-8-9-10-11-12-19-29(25-18-15-22(28)20-24(25)27)26(30)21-13-16-23(31-2)17-14-21/h13-18,20H,3-12,19H2,1-2H3. The van der Waals surface area contributed by atoms with Crippen LogP contribution in [0.4, 0.5) is 10.1 Å². The van der Waals surface area contributed by atoms with Crippen LogP contribution >= 0.6 is 11.6 Å². The summed E-state index contributed by atoms with van der Waals surface area (Å²) in [5.41, 5.74) is 1.09. The highest BCUT2D eigenvalue weighted by Gasteiger charge is 2.20. The average Bonchev–Trinajstić information content (AvgIpc) is 2.78. The van der Waals surface area contributed by atoms with Gasteiger partial charge in [-0.25, -0.2) is 4.39 Å². The second-order valence-electron chi connectivity index (χ2n) is 7.96. The van der Waals surface area contributed by atoms with E-state index in [0.29, 0.717) is 23.5 Å². The molecule has 0 aliphatic rings. The minimum absolute atomic E-state index is 0.146. The van der Waals surface area contributed by atoms with Crippen molar-refractivity contribution in [1.29, 1.82) is 0 Å². The van der Waals surface area contributed by atoms with E-state index >= 15 is 0 Å².